The summed E-state index contributed by atoms with van der Waals surface area (Å²) < 4.78 is 29.9. The predicted molar refractivity (Wildman–Crippen MR) is 72.2 cm³/mol. The van der Waals surface area contributed by atoms with Gasteiger partial charge in [-0.05, 0) is 20.0 Å². The molecule has 0 radical (unpaired) electrons. The second kappa shape index (κ2) is 7.78. The Bertz CT molecular complexity index is 385. The second-order valence-corrected chi connectivity index (χ2v) is 6.56. The van der Waals surface area contributed by atoms with E-state index in [-0.39, 0.29) is 30.2 Å². The molecule has 7 nitrogen and oxygen atoms in total. The zero-order chi connectivity index (χ0) is 14.3. The van der Waals surface area contributed by atoms with Crippen molar-refractivity contribution in [1.82, 2.24) is 15.4 Å². The Hall–Kier alpha value is -0.700. The molecule has 1 amide bonds. The standard InChI is InChI=1S/C11H23N3O4S/c1-3-4-13-10-8-18-7-9(10)11(15)14-5-6-19(16,17)12-2/h9-10,12-13H,3-8H2,1-2H3,(H,14,15). The number of sulfonamides is 1. The summed E-state index contributed by atoms with van der Waals surface area (Å²) in [7, 11) is -1.92. The van der Waals surface area contributed by atoms with E-state index in [0.29, 0.717) is 13.2 Å². The van der Waals surface area contributed by atoms with Gasteiger partial charge in [-0.15, -0.1) is 0 Å². The predicted octanol–water partition coefficient (Wildman–Crippen LogP) is -1.33. The van der Waals surface area contributed by atoms with E-state index < -0.39 is 10.0 Å². The van der Waals surface area contributed by atoms with Crippen molar-refractivity contribution >= 4 is 15.9 Å². The first-order valence-corrected chi connectivity index (χ1v) is 8.15. The fraction of sp³-hybridized carbons (Fsp3) is 0.909. The molecule has 2 unspecified atom stereocenters. The second-order valence-electron chi connectivity index (χ2n) is 4.52. The van der Waals surface area contributed by atoms with Gasteiger partial charge in [-0.1, -0.05) is 6.92 Å². The van der Waals surface area contributed by atoms with Crippen molar-refractivity contribution in [3.8, 4) is 0 Å². The highest BCUT2D eigenvalue weighted by molar-refractivity contribution is 7.89. The van der Waals surface area contributed by atoms with Crippen molar-refractivity contribution in [2.24, 2.45) is 5.92 Å². The Balaban J connectivity index is 2.36. The topological polar surface area (TPSA) is 96.5 Å². The van der Waals surface area contributed by atoms with Crippen molar-refractivity contribution in [1.29, 1.82) is 0 Å². The molecule has 0 bridgehead atoms. The van der Waals surface area contributed by atoms with Gasteiger partial charge in [0, 0.05) is 12.6 Å². The summed E-state index contributed by atoms with van der Waals surface area (Å²) in [4.78, 5) is 11.9. The summed E-state index contributed by atoms with van der Waals surface area (Å²) >= 11 is 0. The molecule has 8 heteroatoms. The molecule has 0 aromatic rings. The zero-order valence-electron chi connectivity index (χ0n) is 11.4. The van der Waals surface area contributed by atoms with Crippen LogP contribution >= 0.6 is 0 Å². The lowest BCUT2D eigenvalue weighted by molar-refractivity contribution is -0.125. The maximum Gasteiger partial charge on any atom is 0.227 e. The lowest BCUT2D eigenvalue weighted by atomic mass is 10.0. The summed E-state index contributed by atoms with van der Waals surface area (Å²) in [6, 6.07) is 0.0147. The van der Waals surface area contributed by atoms with E-state index in [4.69, 9.17) is 4.74 Å². The van der Waals surface area contributed by atoms with Gasteiger partial charge in [0.1, 0.15) is 0 Å². The summed E-state index contributed by atoms with van der Waals surface area (Å²) in [6.45, 7) is 3.91. The van der Waals surface area contributed by atoms with Crippen LogP contribution in [0.4, 0.5) is 0 Å². The lowest BCUT2D eigenvalue weighted by Crippen LogP contribution is -2.45. The third-order valence-electron chi connectivity index (χ3n) is 3.05. The van der Waals surface area contributed by atoms with Gasteiger partial charge in [0.25, 0.3) is 0 Å². The number of amides is 1. The Labute approximate surface area is 114 Å². The molecule has 19 heavy (non-hydrogen) atoms. The molecular formula is C11H23N3O4S. The average Bonchev–Trinajstić information content (AvgIpc) is 2.84. The normalized spacial score (nSPS) is 23.5. The summed E-state index contributed by atoms with van der Waals surface area (Å²) in [5.41, 5.74) is 0. The first kappa shape index (κ1) is 16.4. The molecule has 0 aromatic carbocycles. The smallest absolute Gasteiger partial charge is 0.227 e. The van der Waals surface area contributed by atoms with Gasteiger partial charge in [0.05, 0.1) is 24.9 Å². The molecule has 2 atom stereocenters. The molecule has 0 aliphatic carbocycles. The number of rotatable bonds is 8. The van der Waals surface area contributed by atoms with Gasteiger partial charge < -0.3 is 15.4 Å². The molecule has 1 saturated heterocycles. The molecule has 112 valence electrons. The van der Waals surface area contributed by atoms with E-state index in [1.807, 2.05) is 0 Å². The van der Waals surface area contributed by atoms with E-state index in [0.717, 1.165) is 13.0 Å². The van der Waals surface area contributed by atoms with Crippen LogP contribution in [0.5, 0.6) is 0 Å². The van der Waals surface area contributed by atoms with Gasteiger partial charge >= 0.3 is 0 Å². The fourth-order valence-electron chi connectivity index (χ4n) is 1.89. The van der Waals surface area contributed by atoms with E-state index >= 15 is 0 Å². The molecule has 1 heterocycles. The minimum absolute atomic E-state index is 0.0147. The minimum atomic E-state index is -3.28. The highest BCUT2D eigenvalue weighted by Gasteiger charge is 2.33. The SMILES string of the molecule is CCCNC1COCC1C(=O)NCCS(=O)(=O)NC. The van der Waals surface area contributed by atoms with E-state index in [9.17, 15) is 13.2 Å². The van der Waals surface area contributed by atoms with Crippen molar-refractivity contribution < 1.29 is 17.9 Å². The number of nitrogens with one attached hydrogen (secondary N) is 3. The van der Waals surface area contributed by atoms with Crippen molar-refractivity contribution in [3.05, 3.63) is 0 Å². The Morgan fingerprint density at radius 3 is 2.68 bits per heavy atom. The third-order valence-corrected chi connectivity index (χ3v) is 4.42. The molecule has 1 rings (SSSR count). The van der Waals surface area contributed by atoms with Gasteiger partial charge in [-0.25, -0.2) is 13.1 Å². The van der Waals surface area contributed by atoms with Gasteiger partial charge in [-0.3, -0.25) is 4.79 Å². The summed E-state index contributed by atoms with van der Waals surface area (Å²) in [5, 5.41) is 5.91. The van der Waals surface area contributed by atoms with Crippen molar-refractivity contribution in [3.63, 3.8) is 0 Å². The summed E-state index contributed by atoms with van der Waals surface area (Å²) in [6.07, 6.45) is 0.991. The van der Waals surface area contributed by atoms with Gasteiger partial charge in [-0.2, -0.15) is 0 Å². The lowest BCUT2D eigenvalue weighted by Gasteiger charge is -2.18. The molecule has 1 aliphatic heterocycles. The Morgan fingerprint density at radius 1 is 1.32 bits per heavy atom. The molecule has 0 saturated carbocycles. The van der Waals surface area contributed by atoms with Crippen LogP contribution in [0.25, 0.3) is 0 Å². The quantitative estimate of drug-likeness (QED) is 0.515. The van der Waals surface area contributed by atoms with Crippen LogP contribution in [0, 0.1) is 5.92 Å². The van der Waals surface area contributed by atoms with Crippen LogP contribution in [0.15, 0.2) is 0 Å². The molecule has 1 aliphatic rings. The number of hydrogen-bond donors (Lipinski definition) is 3. The average molecular weight is 293 g/mol. The molecule has 3 N–H and O–H groups in total. The van der Waals surface area contributed by atoms with Gasteiger partial charge in [0.2, 0.25) is 15.9 Å². The van der Waals surface area contributed by atoms with Crippen molar-refractivity contribution in [2.75, 3.05) is 39.1 Å². The Kier molecular flexibility index (Phi) is 6.70. The van der Waals surface area contributed by atoms with Crippen LogP contribution in [-0.2, 0) is 19.6 Å². The zero-order valence-corrected chi connectivity index (χ0v) is 12.3. The molecule has 0 aromatic heterocycles. The van der Waals surface area contributed by atoms with Crippen LogP contribution in [-0.4, -0.2) is 59.5 Å². The first-order chi connectivity index (χ1) is 9.00. The number of hydrogen-bond acceptors (Lipinski definition) is 5. The van der Waals surface area contributed by atoms with Gasteiger partial charge in [0.15, 0.2) is 0 Å². The van der Waals surface area contributed by atoms with E-state index in [2.05, 4.69) is 22.3 Å². The largest absolute Gasteiger partial charge is 0.379 e. The summed E-state index contributed by atoms with van der Waals surface area (Å²) in [5.74, 6) is -0.517. The third kappa shape index (κ3) is 5.43. The van der Waals surface area contributed by atoms with E-state index in [1.54, 1.807) is 0 Å². The number of carbonyl (C=O) groups is 1. The monoisotopic (exact) mass is 293 g/mol. The highest BCUT2D eigenvalue weighted by atomic mass is 32.2. The van der Waals surface area contributed by atoms with Crippen LogP contribution in [0.3, 0.4) is 0 Å². The maximum absolute atomic E-state index is 11.9. The molecular weight excluding hydrogens is 270 g/mol. The maximum atomic E-state index is 11.9. The van der Waals surface area contributed by atoms with Crippen molar-refractivity contribution in [2.45, 2.75) is 19.4 Å². The highest BCUT2D eigenvalue weighted by Crippen LogP contribution is 2.13. The van der Waals surface area contributed by atoms with Crippen LogP contribution < -0.4 is 15.4 Å². The van der Waals surface area contributed by atoms with Crippen LogP contribution in [0.2, 0.25) is 0 Å². The molecule has 1 fully saturated rings. The van der Waals surface area contributed by atoms with Crippen LogP contribution in [0.1, 0.15) is 13.3 Å². The van der Waals surface area contributed by atoms with E-state index in [1.165, 1.54) is 7.05 Å². The molecule has 0 spiro atoms. The minimum Gasteiger partial charge on any atom is -0.379 e. The number of ether oxygens (including phenoxy) is 1. The Morgan fingerprint density at radius 2 is 2.05 bits per heavy atom. The fourth-order valence-corrected chi connectivity index (χ4v) is 2.46. The number of carbonyl (C=O) groups excluding carboxylic acids is 1. The first-order valence-electron chi connectivity index (χ1n) is 6.50.